The molecule has 1 unspecified atom stereocenters. The smallest absolute Gasteiger partial charge is 0.251 e. The van der Waals surface area contributed by atoms with E-state index in [4.69, 9.17) is 11.6 Å². The van der Waals surface area contributed by atoms with Gasteiger partial charge in [0.05, 0.1) is 5.75 Å². The van der Waals surface area contributed by atoms with Crippen LogP contribution in [0.3, 0.4) is 0 Å². The zero-order chi connectivity index (χ0) is 21.4. The number of hydrogen-bond acceptors (Lipinski definition) is 4. The lowest BCUT2D eigenvalue weighted by Crippen LogP contribution is -2.48. The summed E-state index contributed by atoms with van der Waals surface area (Å²) in [6, 6.07) is 13.3. The molecule has 6 nitrogen and oxygen atoms in total. The lowest BCUT2D eigenvalue weighted by atomic mass is 10.1. The van der Waals surface area contributed by atoms with E-state index < -0.39 is 27.7 Å². The standard InChI is InChI=1S/C21H25ClN2O4S/c1-15-4-3-5-17(14-15)20(25)24-19(11-13-29(2,27)28)21(26)23-12-10-16-6-8-18(22)9-7-16/h3-9,14,19H,10-13H2,1-2H3,(H,23,26)(H,24,25). The summed E-state index contributed by atoms with van der Waals surface area (Å²) >= 11 is 5.86. The average molecular weight is 437 g/mol. The van der Waals surface area contributed by atoms with Crippen molar-refractivity contribution in [2.24, 2.45) is 0 Å². The summed E-state index contributed by atoms with van der Waals surface area (Å²) in [5.74, 6) is -1.03. The van der Waals surface area contributed by atoms with Gasteiger partial charge in [-0.05, 0) is 49.6 Å². The number of hydrogen-bond donors (Lipinski definition) is 2. The summed E-state index contributed by atoms with van der Waals surface area (Å²) in [6.45, 7) is 2.22. The molecule has 2 N–H and O–H groups in total. The zero-order valence-corrected chi connectivity index (χ0v) is 18.0. The largest absolute Gasteiger partial charge is 0.354 e. The Morgan fingerprint density at radius 1 is 1.10 bits per heavy atom. The van der Waals surface area contributed by atoms with E-state index in [0.717, 1.165) is 17.4 Å². The van der Waals surface area contributed by atoms with Gasteiger partial charge in [-0.2, -0.15) is 0 Å². The van der Waals surface area contributed by atoms with Crippen molar-refractivity contribution in [3.8, 4) is 0 Å². The second-order valence-corrected chi connectivity index (χ2v) is 9.68. The Labute approximate surface area is 176 Å². The quantitative estimate of drug-likeness (QED) is 0.631. The van der Waals surface area contributed by atoms with Gasteiger partial charge in [0, 0.05) is 23.4 Å². The lowest BCUT2D eigenvalue weighted by molar-refractivity contribution is -0.122. The van der Waals surface area contributed by atoms with Crippen LogP contribution in [0.2, 0.25) is 5.02 Å². The summed E-state index contributed by atoms with van der Waals surface area (Å²) in [5.41, 5.74) is 2.34. The molecule has 0 saturated carbocycles. The van der Waals surface area contributed by atoms with Gasteiger partial charge in [-0.25, -0.2) is 8.42 Å². The first kappa shape index (κ1) is 22.9. The van der Waals surface area contributed by atoms with Gasteiger partial charge in [0.25, 0.3) is 5.91 Å². The molecule has 0 aliphatic carbocycles. The average Bonchev–Trinajstić information content (AvgIpc) is 2.65. The number of carbonyl (C=O) groups is 2. The number of aryl methyl sites for hydroxylation is 1. The highest BCUT2D eigenvalue weighted by Crippen LogP contribution is 2.10. The van der Waals surface area contributed by atoms with Crippen LogP contribution in [-0.2, 0) is 21.1 Å². The fourth-order valence-corrected chi connectivity index (χ4v) is 3.52. The van der Waals surface area contributed by atoms with Gasteiger partial charge in [0.2, 0.25) is 5.91 Å². The lowest BCUT2D eigenvalue weighted by Gasteiger charge is -2.18. The number of nitrogens with one attached hydrogen (secondary N) is 2. The Morgan fingerprint density at radius 3 is 2.41 bits per heavy atom. The van der Waals surface area contributed by atoms with Crippen LogP contribution in [0.25, 0.3) is 0 Å². The van der Waals surface area contributed by atoms with E-state index in [-0.39, 0.29) is 12.2 Å². The fourth-order valence-electron chi connectivity index (χ4n) is 2.73. The van der Waals surface area contributed by atoms with Crippen molar-refractivity contribution in [2.45, 2.75) is 25.8 Å². The van der Waals surface area contributed by atoms with Crippen LogP contribution in [0.4, 0.5) is 0 Å². The van der Waals surface area contributed by atoms with E-state index in [1.54, 1.807) is 30.3 Å². The molecule has 0 spiro atoms. The minimum atomic E-state index is -3.27. The van der Waals surface area contributed by atoms with Gasteiger partial charge >= 0.3 is 0 Å². The van der Waals surface area contributed by atoms with E-state index in [1.807, 2.05) is 25.1 Å². The molecule has 156 valence electrons. The molecule has 0 aliphatic heterocycles. The maximum atomic E-state index is 12.6. The van der Waals surface area contributed by atoms with Crippen LogP contribution in [0.15, 0.2) is 48.5 Å². The zero-order valence-electron chi connectivity index (χ0n) is 16.4. The van der Waals surface area contributed by atoms with Gasteiger partial charge in [-0.1, -0.05) is 41.4 Å². The van der Waals surface area contributed by atoms with Crippen LogP contribution in [-0.4, -0.2) is 44.8 Å². The molecule has 2 aromatic carbocycles. The molecule has 0 fully saturated rings. The van der Waals surface area contributed by atoms with Crippen molar-refractivity contribution in [3.63, 3.8) is 0 Å². The molecule has 0 radical (unpaired) electrons. The Balaban J connectivity index is 2.00. The third-order valence-electron chi connectivity index (χ3n) is 4.31. The number of benzene rings is 2. The summed E-state index contributed by atoms with van der Waals surface area (Å²) in [7, 11) is -3.27. The molecule has 0 heterocycles. The SMILES string of the molecule is Cc1cccc(C(=O)NC(CCS(C)(=O)=O)C(=O)NCCc2ccc(Cl)cc2)c1. The fraction of sp³-hybridized carbons (Fsp3) is 0.333. The van der Waals surface area contributed by atoms with E-state index in [2.05, 4.69) is 10.6 Å². The monoisotopic (exact) mass is 436 g/mol. The van der Waals surface area contributed by atoms with Gasteiger partial charge in [-0.15, -0.1) is 0 Å². The molecular formula is C21H25ClN2O4S. The maximum absolute atomic E-state index is 12.6. The first-order valence-corrected chi connectivity index (χ1v) is 11.7. The van der Waals surface area contributed by atoms with Crippen LogP contribution < -0.4 is 10.6 Å². The Kier molecular flexibility index (Phi) is 8.22. The highest BCUT2D eigenvalue weighted by molar-refractivity contribution is 7.90. The van der Waals surface area contributed by atoms with Gasteiger partial charge < -0.3 is 10.6 Å². The molecule has 2 rings (SSSR count). The van der Waals surface area contributed by atoms with E-state index >= 15 is 0 Å². The Bertz CT molecular complexity index is 959. The number of halogens is 1. The van der Waals surface area contributed by atoms with Gasteiger partial charge in [0.15, 0.2) is 0 Å². The van der Waals surface area contributed by atoms with Crippen molar-refractivity contribution < 1.29 is 18.0 Å². The number of carbonyl (C=O) groups excluding carboxylic acids is 2. The molecule has 8 heteroatoms. The Morgan fingerprint density at radius 2 is 1.79 bits per heavy atom. The number of rotatable bonds is 9. The Hall–Kier alpha value is -2.38. The van der Waals surface area contributed by atoms with Crippen LogP contribution >= 0.6 is 11.6 Å². The number of amides is 2. The third-order valence-corrected chi connectivity index (χ3v) is 5.53. The molecule has 2 aromatic rings. The summed E-state index contributed by atoms with van der Waals surface area (Å²) in [5, 5.41) is 6.06. The molecule has 29 heavy (non-hydrogen) atoms. The first-order chi connectivity index (χ1) is 13.6. The first-order valence-electron chi connectivity index (χ1n) is 9.21. The van der Waals surface area contributed by atoms with Crippen LogP contribution in [0.5, 0.6) is 0 Å². The summed E-state index contributed by atoms with van der Waals surface area (Å²) < 4.78 is 23.1. The maximum Gasteiger partial charge on any atom is 0.251 e. The summed E-state index contributed by atoms with van der Waals surface area (Å²) in [6.07, 6.45) is 1.70. The highest BCUT2D eigenvalue weighted by Gasteiger charge is 2.22. The normalized spacial score (nSPS) is 12.2. The number of sulfone groups is 1. The van der Waals surface area contributed by atoms with Crippen molar-refractivity contribution in [2.75, 3.05) is 18.6 Å². The minimum absolute atomic E-state index is 0.00314. The second-order valence-electron chi connectivity index (χ2n) is 6.98. The van der Waals surface area contributed by atoms with E-state index in [0.29, 0.717) is 23.6 Å². The molecule has 0 aliphatic rings. The topological polar surface area (TPSA) is 92.3 Å². The van der Waals surface area contributed by atoms with Gasteiger partial charge in [-0.3, -0.25) is 9.59 Å². The molecule has 0 bridgehead atoms. The summed E-state index contributed by atoms with van der Waals surface area (Å²) in [4.78, 5) is 25.1. The highest BCUT2D eigenvalue weighted by atomic mass is 35.5. The predicted molar refractivity (Wildman–Crippen MR) is 115 cm³/mol. The van der Waals surface area contributed by atoms with Crippen LogP contribution in [0.1, 0.15) is 27.9 Å². The predicted octanol–water partition coefficient (Wildman–Crippen LogP) is 2.54. The minimum Gasteiger partial charge on any atom is -0.354 e. The van der Waals surface area contributed by atoms with Crippen molar-refractivity contribution in [3.05, 3.63) is 70.2 Å². The molecule has 0 saturated heterocycles. The molecule has 0 aromatic heterocycles. The van der Waals surface area contributed by atoms with E-state index in [9.17, 15) is 18.0 Å². The molecular weight excluding hydrogens is 412 g/mol. The molecule has 2 amide bonds. The third kappa shape index (κ3) is 8.25. The second kappa shape index (κ2) is 10.4. The van der Waals surface area contributed by atoms with Crippen molar-refractivity contribution >= 4 is 33.3 Å². The van der Waals surface area contributed by atoms with E-state index in [1.165, 1.54) is 0 Å². The van der Waals surface area contributed by atoms with Crippen molar-refractivity contribution in [1.29, 1.82) is 0 Å². The van der Waals surface area contributed by atoms with Crippen molar-refractivity contribution in [1.82, 2.24) is 10.6 Å². The van der Waals surface area contributed by atoms with Gasteiger partial charge in [0.1, 0.15) is 15.9 Å². The van der Waals surface area contributed by atoms with Crippen LogP contribution in [0, 0.1) is 6.92 Å². The molecule has 1 atom stereocenters.